The lowest BCUT2D eigenvalue weighted by Gasteiger charge is -2.14. The Labute approximate surface area is 142 Å². The third-order valence-electron chi connectivity index (χ3n) is 3.73. The number of halogens is 2. The van der Waals surface area contributed by atoms with Gasteiger partial charge in [0, 0.05) is 18.0 Å². The molecular weight excluding hydrogens is 358 g/mol. The fraction of sp³-hybridized carbons (Fsp3) is 0.357. The quantitative estimate of drug-likeness (QED) is 0.722. The molecule has 1 aliphatic heterocycles. The molecule has 0 unspecified atom stereocenters. The average Bonchev–Trinajstić information content (AvgIpc) is 3.20. The van der Waals surface area contributed by atoms with E-state index in [4.69, 9.17) is 0 Å². The Kier molecular flexibility index (Phi) is 4.97. The maximum absolute atomic E-state index is 14.2. The van der Waals surface area contributed by atoms with Gasteiger partial charge >= 0.3 is 0 Å². The van der Waals surface area contributed by atoms with E-state index in [1.54, 1.807) is 0 Å². The highest BCUT2D eigenvalue weighted by Gasteiger charge is 2.23. The molecule has 130 valence electrons. The van der Waals surface area contributed by atoms with Crippen molar-refractivity contribution in [1.82, 2.24) is 10.3 Å². The minimum Gasteiger partial charge on any atom is -0.382 e. The zero-order valence-corrected chi connectivity index (χ0v) is 14.2. The lowest BCUT2D eigenvalue weighted by Crippen LogP contribution is -2.19. The van der Waals surface area contributed by atoms with Crippen LogP contribution in [0.4, 0.5) is 20.3 Å². The van der Waals surface area contributed by atoms with Gasteiger partial charge in [0.25, 0.3) is 10.0 Å². The number of benzene rings is 1. The summed E-state index contributed by atoms with van der Waals surface area (Å²) in [5.41, 5.74) is 1.38. The van der Waals surface area contributed by atoms with Crippen molar-refractivity contribution in [1.29, 1.82) is 0 Å². The number of nitrogens with zero attached hydrogens (tertiary/aromatic N) is 1. The van der Waals surface area contributed by atoms with Crippen molar-refractivity contribution in [3.63, 3.8) is 0 Å². The molecular formula is C14H16F2N4O2S2. The molecule has 0 bridgehead atoms. The first-order valence-corrected chi connectivity index (χ1v) is 9.73. The first kappa shape index (κ1) is 17.1. The van der Waals surface area contributed by atoms with Crippen LogP contribution in [0, 0.1) is 17.6 Å². The van der Waals surface area contributed by atoms with Crippen molar-refractivity contribution in [3.05, 3.63) is 34.7 Å². The van der Waals surface area contributed by atoms with Crippen LogP contribution >= 0.6 is 11.3 Å². The monoisotopic (exact) mass is 374 g/mol. The molecule has 6 nitrogen and oxygen atoms in total. The van der Waals surface area contributed by atoms with E-state index in [0.717, 1.165) is 25.6 Å². The Balaban J connectivity index is 1.78. The Bertz CT molecular complexity index is 806. The van der Waals surface area contributed by atoms with Crippen molar-refractivity contribution in [2.45, 2.75) is 11.3 Å². The summed E-state index contributed by atoms with van der Waals surface area (Å²) in [5.74, 6) is -1.44. The molecule has 2 aromatic rings. The van der Waals surface area contributed by atoms with E-state index in [0.29, 0.717) is 18.5 Å². The predicted octanol–water partition coefficient (Wildman–Crippen LogP) is 2.24. The van der Waals surface area contributed by atoms with Crippen LogP contribution < -0.4 is 15.4 Å². The maximum atomic E-state index is 14.2. The van der Waals surface area contributed by atoms with E-state index in [1.807, 2.05) is 0 Å². The molecule has 0 spiro atoms. The molecule has 1 saturated heterocycles. The Morgan fingerprint density at radius 2 is 2.17 bits per heavy atom. The highest BCUT2D eigenvalue weighted by Crippen LogP contribution is 2.25. The van der Waals surface area contributed by atoms with Gasteiger partial charge in [-0.25, -0.2) is 22.2 Å². The summed E-state index contributed by atoms with van der Waals surface area (Å²) in [5, 5.41) is 7.48. The van der Waals surface area contributed by atoms with Crippen LogP contribution in [0.3, 0.4) is 0 Å². The van der Waals surface area contributed by atoms with Crippen molar-refractivity contribution in [2.75, 3.05) is 29.7 Å². The molecule has 2 heterocycles. The van der Waals surface area contributed by atoms with Crippen molar-refractivity contribution >= 4 is 32.9 Å². The number of hydrogen-bond donors (Lipinski definition) is 3. The zero-order valence-electron chi connectivity index (χ0n) is 12.6. The van der Waals surface area contributed by atoms with Crippen LogP contribution in [0.15, 0.2) is 27.9 Å². The van der Waals surface area contributed by atoms with Gasteiger partial charge < -0.3 is 10.6 Å². The molecule has 10 heteroatoms. The highest BCUT2D eigenvalue weighted by atomic mass is 32.2. The van der Waals surface area contributed by atoms with E-state index in [9.17, 15) is 17.2 Å². The molecule has 1 aliphatic rings. The van der Waals surface area contributed by atoms with Gasteiger partial charge in [0.1, 0.15) is 16.5 Å². The van der Waals surface area contributed by atoms with Gasteiger partial charge in [-0.2, -0.15) is 0 Å². The summed E-state index contributed by atoms with van der Waals surface area (Å²) in [6, 6.07) is 1.55. The van der Waals surface area contributed by atoms with E-state index in [2.05, 4.69) is 20.3 Å². The van der Waals surface area contributed by atoms with Gasteiger partial charge in [0.15, 0.2) is 5.82 Å². The minimum absolute atomic E-state index is 0.0491. The highest BCUT2D eigenvalue weighted by molar-refractivity contribution is 7.92. The van der Waals surface area contributed by atoms with E-state index >= 15 is 0 Å². The topological polar surface area (TPSA) is 83.1 Å². The molecule has 0 aliphatic carbocycles. The van der Waals surface area contributed by atoms with Crippen molar-refractivity contribution < 1.29 is 17.2 Å². The molecule has 0 saturated carbocycles. The van der Waals surface area contributed by atoms with Gasteiger partial charge in [0.2, 0.25) is 0 Å². The summed E-state index contributed by atoms with van der Waals surface area (Å²) < 4.78 is 54.8. The van der Waals surface area contributed by atoms with Crippen LogP contribution in [0.5, 0.6) is 0 Å². The smallest absolute Gasteiger partial charge is 0.266 e. The molecule has 0 radical (unpaired) electrons. The number of rotatable bonds is 6. The molecule has 1 aromatic carbocycles. The lowest BCUT2D eigenvalue weighted by molar-refractivity contribution is 0.554. The molecule has 3 rings (SSSR count). The summed E-state index contributed by atoms with van der Waals surface area (Å²) in [4.78, 5) is 3.01. The van der Waals surface area contributed by atoms with Gasteiger partial charge in [-0.1, -0.05) is 0 Å². The second kappa shape index (κ2) is 6.99. The Morgan fingerprint density at radius 1 is 1.33 bits per heavy atom. The standard InChI is InChI=1S/C14H16F2N4O2S2/c15-10-4-13(24(21,22)20-14-7-23-8-19-14)11(16)3-12(10)18-6-9-1-2-17-5-9/h3-4,7-9,17-18,20H,1-2,5-6H2/t9-/m0/s1. The molecule has 1 fully saturated rings. The van der Waals surface area contributed by atoms with Crippen molar-refractivity contribution in [2.24, 2.45) is 5.92 Å². The number of anilines is 2. The van der Waals surface area contributed by atoms with Crippen LogP contribution in [-0.2, 0) is 10.0 Å². The molecule has 1 aromatic heterocycles. The van der Waals surface area contributed by atoms with Crippen LogP contribution in [0.25, 0.3) is 0 Å². The van der Waals surface area contributed by atoms with Crippen molar-refractivity contribution in [3.8, 4) is 0 Å². The van der Waals surface area contributed by atoms with Gasteiger partial charge in [-0.15, -0.1) is 11.3 Å². The summed E-state index contributed by atoms with van der Waals surface area (Å²) in [7, 11) is -4.24. The fourth-order valence-corrected chi connectivity index (χ4v) is 4.10. The van der Waals surface area contributed by atoms with Crippen LogP contribution in [0.1, 0.15) is 6.42 Å². The molecule has 24 heavy (non-hydrogen) atoms. The predicted molar refractivity (Wildman–Crippen MR) is 88.7 cm³/mol. The third-order valence-corrected chi connectivity index (χ3v) is 5.68. The number of nitrogens with one attached hydrogen (secondary N) is 3. The van der Waals surface area contributed by atoms with Crippen LogP contribution in [0.2, 0.25) is 0 Å². The molecule has 1 atom stereocenters. The van der Waals surface area contributed by atoms with E-state index in [-0.39, 0.29) is 11.5 Å². The summed E-state index contributed by atoms with van der Waals surface area (Å²) >= 11 is 1.18. The van der Waals surface area contributed by atoms with Crippen LogP contribution in [-0.4, -0.2) is 33.0 Å². The van der Waals surface area contributed by atoms with Gasteiger partial charge in [0.05, 0.1) is 11.2 Å². The first-order valence-electron chi connectivity index (χ1n) is 7.30. The maximum Gasteiger partial charge on any atom is 0.266 e. The second-order valence-corrected chi connectivity index (χ2v) is 7.85. The van der Waals surface area contributed by atoms with Gasteiger partial charge in [-0.05, 0) is 31.5 Å². The minimum atomic E-state index is -4.24. The number of aromatic nitrogens is 1. The fourth-order valence-electron chi connectivity index (χ4n) is 2.47. The average molecular weight is 374 g/mol. The number of thiazole rings is 1. The number of hydrogen-bond acceptors (Lipinski definition) is 6. The number of sulfonamides is 1. The SMILES string of the molecule is O=S(=O)(Nc1cscn1)c1cc(F)c(NC[C@H]2CCNC2)cc1F. The Morgan fingerprint density at radius 3 is 2.83 bits per heavy atom. The summed E-state index contributed by atoms with van der Waals surface area (Å²) in [6.45, 7) is 2.22. The second-order valence-electron chi connectivity index (χ2n) is 5.48. The first-order chi connectivity index (χ1) is 11.5. The molecule has 0 amide bonds. The van der Waals surface area contributed by atoms with E-state index in [1.165, 1.54) is 22.2 Å². The van der Waals surface area contributed by atoms with E-state index < -0.39 is 26.6 Å². The third kappa shape index (κ3) is 3.82. The summed E-state index contributed by atoms with van der Waals surface area (Å²) in [6.07, 6.45) is 0.959. The lowest BCUT2D eigenvalue weighted by atomic mass is 10.1. The Hall–Kier alpha value is -1.78. The molecule has 3 N–H and O–H groups in total. The largest absolute Gasteiger partial charge is 0.382 e. The normalized spacial score (nSPS) is 17.8. The van der Waals surface area contributed by atoms with Gasteiger partial charge in [-0.3, -0.25) is 4.72 Å². The zero-order chi connectivity index (χ0) is 17.2.